The van der Waals surface area contributed by atoms with Gasteiger partial charge in [0.1, 0.15) is 18.0 Å². The van der Waals surface area contributed by atoms with Gasteiger partial charge >= 0.3 is 5.97 Å². The molecule has 0 aliphatic rings. The van der Waals surface area contributed by atoms with Crippen molar-refractivity contribution in [1.82, 2.24) is 25.3 Å². The van der Waals surface area contributed by atoms with Crippen LogP contribution in [-0.4, -0.2) is 48.6 Å². The summed E-state index contributed by atoms with van der Waals surface area (Å²) in [6.45, 7) is 4.09. The van der Waals surface area contributed by atoms with Gasteiger partial charge in [-0.2, -0.15) is 0 Å². The predicted molar refractivity (Wildman–Crippen MR) is 99.9 cm³/mol. The largest absolute Gasteiger partial charge is 0.505 e. The molecule has 0 bridgehead atoms. The lowest BCUT2D eigenvalue weighted by Crippen LogP contribution is -2.29. The topological polar surface area (TPSA) is 130 Å². The molecule has 3 rings (SSSR count). The van der Waals surface area contributed by atoms with Gasteiger partial charge in [0.25, 0.3) is 5.91 Å². The zero-order chi connectivity index (χ0) is 20.3. The summed E-state index contributed by atoms with van der Waals surface area (Å²) in [4.78, 5) is 26.3. The number of amides is 1. The van der Waals surface area contributed by atoms with Gasteiger partial charge in [-0.15, -0.1) is 5.10 Å². The van der Waals surface area contributed by atoms with Gasteiger partial charge in [0.2, 0.25) is 0 Å². The van der Waals surface area contributed by atoms with Crippen LogP contribution in [0, 0.1) is 13.8 Å². The van der Waals surface area contributed by atoms with Gasteiger partial charge in [-0.3, -0.25) is 9.59 Å². The minimum absolute atomic E-state index is 0.257. The number of carbonyl (C=O) groups excluding carboxylic acids is 1. The molecule has 0 radical (unpaired) electrons. The van der Waals surface area contributed by atoms with Crippen LogP contribution >= 0.6 is 0 Å². The zero-order valence-corrected chi connectivity index (χ0v) is 15.4. The van der Waals surface area contributed by atoms with E-state index in [1.807, 2.05) is 13.0 Å². The summed E-state index contributed by atoms with van der Waals surface area (Å²) in [6.07, 6.45) is 3.09. The molecule has 0 spiro atoms. The van der Waals surface area contributed by atoms with E-state index in [-0.39, 0.29) is 11.4 Å². The summed E-state index contributed by atoms with van der Waals surface area (Å²) in [6, 6.07) is 7.52. The Balaban J connectivity index is 1.75. The Kier molecular flexibility index (Phi) is 5.35. The Morgan fingerprint density at radius 2 is 1.96 bits per heavy atom. The number of pyridine rings is 1. The fourth-order valence-corrected chi connectivity index (χ4v) is 2.60. The van der Waals surface area contributed by atoms with Crippen LogP contribution in [-0.2, 0) is 11.3 Å². The highest BCUT2D eigenvalue weighted by Gasteiger charge is 2.16. The third-order valence-electron chi connectivity index (χ3n) is 4.23. The summed E-state index contributed by atoms with van der Waals surface area (Å²) in [5.41, 5.74) is 4.22. The molecule has 0 aliphatic heterocycles. The highest BCUT2D eigenvalue weighted by molar-refractivity contribution is 5.96. The SMILES string of the molecule is Cc1ccc(Cn2cc(-c3cnc(C(=O)NCC(=O)O)c(O)c3)nn2)cc1C. The molecule has 3 N–H and O–H groups in total. The monoisotopic (exact) mass is 381 g/mol. The van der Waals surface area contributed by atoms with Crippen LogP contribution in [0.5, 0.6) is 5.75 Å². The first-order valence-corrected chi connectivity index (χ1v) is 8.49. The van der Waals surface area contributed by atoms with E-state index in [1.54, 1.807) is 10.9 Å². The first kappa shape index (κ1) is 19.0. The Morgan fingerprint density at radius 1 is 1.18 bits per heavy atom. The summed E-state index contributed by atoms with van der Waals surface area (Å²) in [7, 11) is 0. The summed E-state index contributed by atoms with van der Waals surface area (Å²) >= 11 is 0. The van der Waals surface area contributed by atoms with Crippen LogP contribution < -0.4 is 5.32 Å². The van der Waals surface area contributed by atoms with E-state index in [1.165, 1.54) is 23.4 Å². The van der Waals surface area contributed by atoms with Gasteiger partial charge in [0, 0.05) is 11.8 Å². The second-order valence-corrected chi connectivity index (χ2v) is 6.39. The highest BCUT2D eigenvalue weighted by atomic mass is 16.4. The number of hydrogen-bond acceptors (Lipinski definition) is 6. The molecule has 28 heavy (non-hydrogen) atoms. The number of carbonyl (C=O) groups is 2. The number of carboxylic acids is 1. The summed E-state index contributed by atoms with van der Waals surface area (Å²) < 4.78 is 1.67. The number of aromatic hydroxyl groups is 1. The van der Waals surface area contributed by atoms with E-state index < -0.39 is 18.4 Å². The third kappa shape index (κ3) is 4.32. The lowest BCUT2D eigenvalue weighted by Gasteiger charge is -2.05. The average Bonchev–Trinajstić information content (AvgIpc) is 3.11. The number of nitrogens with zero attached hydrogens (tertiary/aromatic N) is 4. The van der Waals surface area contributed by atoms with Crippen LogP contribution in [0.25, 0.3) is 11.3 Å². The minimum Gasteiger partial charge on any atom is -0.505 e. The van der Waals surface area contributed by atoms with Gasteiger partial charge in [0.05, 0.1) is 12.7 Å². The molecular weight excluding hydrogens is 362 g/mol. The maximum absolute atomic E-state index is 11.8. The molecular formula is C19H19N5O4. The van der Waals surface area contributed by atoms with Gasteiger partial charge in [-0.25, -0.2) is 9.67 Å². The lowest BCUT2D eigenvalue weighted by atomic mass is 10.1. The van der Waals surface area contributed by atoms with Gasteiger partial charge in [-0.1, -0.05) is 23.4 Å². The number of nitrogens with one attached hydrogen (secondary N) is 1. The number of rotatable bonds is 6. The van der Waals surface area contributed by atoms with Gasteiger partial charge < -0.3 is 15.5 Å². The molecule has 3 aromatic rings. The zero-order valence-electron chi connectivity index (χ0n) is 15.4. The Bertz CT molecular complexity index is 1040. The molecule has 0 aliphatic carbocycles. The third-order valence-corrected chi connectivity index (χ3v) is 4.23. The molecule has 2 aromatic heterocycles. The molecule has 0 unspecified atom stereocenters. The van der Waals surface area contributed by atoms with Crippen molar-refractivity contribution < 1.29 is 19.8 Å². The van der Waals surface area contributed by atoms with E-state index in [0.29, 0.717) is 17.8 Å². The van der Waals surface area contributed by atoms with Crippen LogP contribution in [0.1, 0.15) is 27.2 Å². The van der Waals surface area contributed by atoms with Crippen LogP contribution in [0.4, 0.5) is 0 Å². The first-order chi connectivity index (χ1) is 13.3. The molecule has 9 nitrogen and oxygen atoms in total. The van der Waals surface area contributed by atoms with Crippen molar-refractivity contribution in [1.29, 1.82) is 0 Å². The van der Waals surface area contributed by atoms with Crippen molar-refractivity contribution >= 4 is 11.9 Å². The molecule has 0 saturated heterocycles. The predicted octanol–water partition coefficient (Wildman–Crippen LogP) is 1.53. The van der Waals surface area contributed by atoms with E-state index >= 15 is 0 Å². The normalized spacial score (nSPS) is 10.6. The lowest BCUT2D eigenvalue weighted by molar-refractivity contribution is -0.135. The Hall–Kier alpha value is -3.75. The highest BCUT2D eigenvalue weighted by Crippen LogP contribution is 2.23. The number of hydrogen-bond donors (Lipinski definition) is 3. The number of aromatic nitrogens is 4. The van der Waals surface area contributed by atoms with Gasteiger partial charge in [-0.05, 0) is 36.6 Å². The standard InChI is InChI=1S/C19H19N5O4/c1-11-3-4-13(5-12(11)2)9-24-10-15(22-23-24)14-6-16(25)18(20-7-14)19(28)21-8-17(26)27/h3-7,10,25H,8-9H2,1-2H3,(H,21,28)(H,26,27). The quantitative estimate of drug-likeness (QED) is 0.590. The van der Waals surface area contributed by atoms with E-state index in [4.69, 9.17) is 5.11 Å². The summed E-state index contributed by atoms with van der Waals surface area (Å²) in [5.74, 6) is -2.33. The number of carboxylic acid groups (broad SMARTS) is 1. The van der Waals surface area contributed by atoms with Crippen molar-refractivity contribution in [3.63, 3.8) is 0 Å². The van der Waals surface area contributed by atoms with E-state index in [9.17, 15) is 14.7 Å². The van der Waals surface area contributed by atoms with Crippen LogP contribution in [0.15, 0.2) is 36.7 Å². The van der Waals surface area contributed by atoms with Crippen molar-refractivity contribution in [2.45, 2.75) is 20.4 Å². The Morgan fingerprint density at radius 3 is 2.64 bits per heavy atom. The summed E-state index contributed by atoms with van der Waals surface area (Å²) in [5, 5.41) is 29.0. The fourth-order valence-electron chi connectivity index (χ4n) is 2.60. The number of aliphatic carboxylic acids is 1. The first-order valence-electron chi connectivity index (χ1n) is 8.49. The fraction of sp³-hybridized carbons (Fsp3) is 0.211. The molecule has 0 atom stereocenters. The second-order valence-electron chi connectivity index (χ2n) is 6.39. The molecule has 1 amide bonds. The van der Waals surface area contributed by atoms with Gasteiger partial charge in [0.15, 0.2) is 5.69 Å². The molecule has 0 fully saturated rings. The minimum atomic E-state index is -1.19. The maximum atomic E-state index is 11.8. The van der Waals surface area contributed by atoms with Crippen molar-refractivity contribution in [3.05, 3.63) is 59.0 Å². The molecule has 9 heteroatoms. The second kappa shape index (κ2) is 7.87. The molecule has 1 aromatic carbocycles. The number of aryl methyl sites for hydroxylation is 2. The molecule has 0 saturated carbocycles. The smallest absolute Gasteiger partial charge is 0.322 e. The molecule has 144 valence electrons. The van der Waals surface area contributed by atoms with E-state index in [0.717, 1.165) is 5.56 Å². The Labute approximate surface area is 160 Å². The molecule has 2 heterocycles. The average molecular weight is 381 g/mol. The van der Waals surface area contributed by atoms with Crippen molar-refractivity contribution in [2.24, 2.45) is 0 Å². The van der Waals surface area contributed by atoms with Crippen LogP contribution in [0.3, 0.4) is 0 Å². The van der Waals surface area contributed by atoms with Crippen LogP contribution in [0.2, 0.25) is 0 Å². The maximum Gasteiger partial charge on any atom is 0.322 e. The van der Waals surface area contributed by atoms with Crippen molar-refractivity contribution in [3.8, 4) is 17.0 Å². The number of benzene rings is 1. The van der Waals surface area contributed by atoms with Crippen molar-refractivity contribution in [2.75, 3.05) is 6.54 Å². The van der Waals surface area contributed by atoms with E-state index in [2.05, 4.69) is 39.7 Å².